The van der Waals surface area contributed by atoms with Gasteiger partial charge in [0.2, 0.25) is 5.88 Å². The fourth-order valence-electron chi connectivity index (χ4n) is 1.53. The van der Waals surface area contributed by atoms with Crippen LogP contribution in [-0.2, 0) is 17.8 Å². The molecule has 19 heavy (non-hydrogen) atoms. The second-order valence-electron chi connectivity index (χ2n) is 3.90. The molecular formula is C12H17N5O2. The van der Waals surface area contributed by atoms with Crippen molar-refractivity contribution in [1.29, 1.82) is 0 Å². The van der Waals surface area contributed by atoms with Crippen molar-refractivity contribution in [3.05, 3.63) is 30.4 Å². The third-order valence-corrected chi connectivity index (χ3v) is 2.51. The molecule has 0 aliphatic rings. The molecule has 2 aromatic rings. The molecule has 0 spiro atoms. The first-order valence-electron chi connectivity index (χ1n) is 5.92. The summed E-state index contributed by atoms with van der Waals surface area (Å²) >= 11 is 0. The van der Waals surface area contributed by atoms with Crippen LogP contribution >= 0.6 is 0 Å². The summed E-state index contributed by atoms with van der Waals surface area (Å²) in [6.07, 6.45) is 7.00. The second kappa shape index (κ2) is 6.69. The summed E-state index contributed by atoms with van der Waals surface area (Å²) in [6.45, 7) is 2.03. The fourth-order valence-corrected chi connectivity index (χ4v) is 1.53. The number of aromatic nitrogens is 4. The molecule has 2 aromatic heterocycles. The Kier molecular flexibility index (Phi) is 4.68. The molecule has 1 N–H and O–H groups in total. The standard InChI is InChI=1S/C12H17N5O2/c1-18-4-3-17-9-10(6-15-17)5-14-11-7-13-8-12(16-11)19-2/h6-9H,3-5H2,1-2H3,(H,14,16). The van der Waals surface area contributed by atoms with Gasteiger partial charge in [0, 0.05) is 25.4 Å². The van der Waals surface area contributed by atoms with Crippen molar-refractivity contribution in [1.82, 2.24) is 19.7 Å². The molecule has 102 valence electrons. The highest BCUT2D eigenvalue weighted by Crippen LogP contribution is 2.09. The summed E-state index contributed by atoms with van der Waals surface area (Å²) in [7, 11) is 3.24. The molecule has 0 saturated carbocycles. The highest BCUT2D eigenvalue weighted by Gasteiger charge is 2.01. The molecule has 0 aliphatic heterocycles. The van der Waals surface area contributed by atoms with Gasteiger partial charge in [-0.05, 0) is 0 Å². The Hall–Kier alpha value is -2.15. The van der Waals surface area contributed by atoms with Crippen LogP contribution in [0.15, 0.2) is 24.8 Å². The van der Waals surface area contributed by atoms with E-state index in [2.05, 4.69) is 20.4 Å². The molecule has 0 unspecified atom stereocenters. The van der Waals surface area contributed by atoms with E-state index in [0.29, 0.717) is 24.8 Å². The lowest BCUT2D eigenvalue weighted by atomic mass is 10.3. The van der Waals surface area contributed by atoms with E-state index in [0.717, 1.165) is 12.1 Å². The number of methoxy groups -OCH3 is 2. The molecule has 7 heteroatoms. The highest BCUT2D eigenvalue weighted by atomic mass is 16.5. The van der Waals surface area contributed by atoms with Gasteiger partial charge < -0.3 is 14.8 Å². The van der Waals surface area contributed by atoms with E-state index in [9.17, 15) is 0 Å². The fraction of sp³-hybridized carbons (Fsp3) is 0.417. The van der Waals surface area contributed by atoms with Crippen molar-refractivity contribution >= 4 is 5.82 Å². The van der Waals surface area contributed by atoms with Crippen LogP contribution in [0.25, 0.3) is 0 Å². The van der Waals surface area contributed by atoms with E-state index in [4.69, 9.17) is 9.47 Å². The Bertz CT molecular complexity index is 514. The molecule has 0 atom stereocenters. The predicted octanol–water partition coefficient (Wildman–Crippen LogP) is 0.940. The zero-order valence-corrected chi connectivity index (χ0v) is 11.0. The Labute approximate surface area is 111 Å². The number of nitrogens with one attached hydrogen (secondary N) is 1. The van der Waals surface area contributed by atoms with Gasteiger partial charge >= 0.3 is 0 Å². The van der Waals surface area contributed by atoms with E-state index in [1.54, 1.807) is 26.6 Å². The third-order valence-electron chi connectivity index (χ3n) is 2.51. The monoisotopic (exact) mass is 263 g/mol. The minimum atomic E-state index is 0.487. The van der Waals surface area contributed by atoms with E-state index in [-0.39, 0.29) is 0 Å². The van der Waals surface area contributed by atoms with Crippen LogP contribution in [0.4, 0.5) is 5.82 Å². The average molecular weight is 263 g/mol. The highest BCUT2D eigenvalue weighted by molar-refractivity contribution is 5.34. The maximum atomic E-state index is 5.01. The zero-order chi connectivity index (χ0) is 13.5. The molecule has 2 heterocycles. The maximum absolute atomic E-state index is 5.01. The van der Waals surface area contributed by atoms with Gasteiger partial charge in [-0.25, -0.2) is 0 Å². The van der Waals surface area contributed by atoms with E-state index in [1.165, 1.54) is 0 Å². The van der Waals surface area contributed by atoms with Crippen LogP contribution in [0.5, 0.6) is 5.88 Å². The SMILES string of the molecule is COCCn1cc(CNc2cncc(OC)n2)cn1. The van der Waals surface area contributed by atoms with Gasteiger partial charge in [0.05, 0.1) is 38.9 Å². The first kappa shape index (κ1) is 13.3. The van der Waals surface area contributed by atoms with Gasteiger partial charge in [-0.1, -0.05) is 0 Å². The summed E-state index contributed by atoms with van der Waals surface area (Å²) in [5, 5.41) is 7.40. The first-order valence-corrected chi connectivity index (χ1v) is 5.92. The van der Waals surface area contributed by atoms with Gasteiger partial charge in [-0.15, -0.1) is 0 Å². The van der Waals surface area contributed by atoms with Gasteiger partial charge in [-0.2, -0.15) is 10.1 Å². The summed E-state index contributed by atoms with van der Waals surface area (Å²) < 4.78 is 11.9. The van der Waals surface area contributed by atoms with Crippen molar-refractivity contribution in [3.63, 3.8) is 0 Å². The van der Waals surface area contributed by atoms with Crippen LogP contribution in [0, 0.1) is 0 Å². The molecular weight excluding hydrogens is 246 g/mol. The second-order valence-corrected chi connectivity index (χ2v) is 3.90. The smallest absolute Gasteiger partial charge is 0.233 e. The Balaban J connectivity index is 1.89. The zero-order valence-electron chi connectivity index (χ0n) is 11.0. The van der Waals surface area contributed by atoms with Crippen LogP contribution in [0.2, 0.25) is 0 Å². The summed E-state index contributed by atoms with van der Waals surface area (Å²) in [5.74, 6) is 1.16. The molecule has 0 radical (unpaired) electrons. The molecule has 0 saturated heterocycles. The largest absolute Gasteiger partial charge is 0.480 e. The summed E-state index contributed by atoms with van der Waals surface area (Å²) in [6, 6.07) is 0. The van der Waals surface area contributed by atoms with Crippen molar-refractivity contribution in [2.24, 2.45) is 0 Å². The van der Waals surface area contributed by atoms with Crippen molar-refractivity contribution in [2.75, 3.05) is 26.1 Å². The topological polar surface area (TPSA) is 74.1 Å². The van der Waals surface area contributed by atoms with Crippen LogP contribution < -0.4 is 10.1 Å². The van der Waals surface area contributed by atoms with Crippen molar-refractivity contribution in [2.45, 2.75) is 13.1 Å². The van der Waals surface area contributed by atoms with Crippen LogP contribution in [-0.4, -0.2) is 40.6 Å². The third kappa shape index (κ3) is 3.92. The molecule has 2 rings (SSSR count). The number of rotatable bonds is 7. The van der Waals surface area contributed by atoms with Gasteiger partial charge in [-0.3, -0.25) is 9.67 Å². The van der Waals surface area contributed by atoms with E-state index >= 15 is 0 Å². The Morgan fingerprint density at radius 3 is 2.95 bits per heavy atom. The lowest BCUT2D eigenvalue weighted by molar-refractivity contribution is 0.183. The Morgan fingerprint density at radius 1 is 1.26 bits per heavy atom. The van der Waals surface area contributed by atoms with Gasteiger partial charge in [0.15, 0.2) is 0 Å². The minimum Gasteiger partial charge on any atom is -0.480 e. The predicted molar refractivity (Wildman–Crippen MR) is 70.0 cm³/mol. The maximum Gasteiger partial charge on any atom is 0.233 e. The Morgan fingerprint density at radius 2 is 2.16 bits per heavy atom. The molecule has 7 nitrogen and oxygen atoms in total. The average Bonchev–Trinajstić information content (AvgIpc) is 2.91. The normalized spacial score (nSPS) is 10.4. The van der Waals surface area contributed by atoms with Crippen molar-refractivity contribution < 1.29 is 9.47 Å². The quantitative estimate of drug-likeness (QED) is 0.801. The lowest BCUT2D eigenvalue weighted by Crippen LogP contribution is -2.04. The number of anilines is 1. The molecule has 0 aliphatic carbocycles. The van der Waals surface area contributed by atoms with E-state index in [1.807, 2.05) is 17.1 Å². The lowest BCUT2D eigenvalue weighted by Gasteiger charge is -2.04. The molecule has 0 amide bonds. The molecule has 0 aromatic carbocycles. The van der Waals surface area contributed by atoms with Crippen LogP contribution in [0.3, 0.4) is 0 Å². The first-order chi connectivity index (χ1) is 9.31. The number of hydrogen-bond acceptors (Lipinski definition) is 6. The summed E-state index contributed by atoms with van der Waals surface area (Å²) in [4.78, 5) is 8.25. The van der Waals surface area contributed by atoms with Crippen molar-refractivity contribution in [3.8, 4) is 5.88 Å². The number of nitrogens with zero attached hydrogens (tertiary/aromatic N) is 4. The van der Waals surface area contributed by atoms with Gasteiger partial charge in [0.25, 0.3) is 0 Å². The van der Waals surface area contributed by atoms with Crippen LogP contribution in [0.1, 0.15) is 5.56 Å². The van der Waals surface area contributed by atoms with Gasteiger partial charge in [0.1, 0.15) is 5.82 Å². The molecule has 0 bridgehead atoms. The number of ether oxygens (including phenoxy) is 2. The van der Waals surface area contributed by atoms with E-state index < -0.39 is 0 Å². The number of hydrogen-bond donors (Lipinski definition) is 1. The molecule has 0 fully saturated rings. The summed E-state index contributed by atoms with van der Waals surface area (Å²) in [5.41, 5.74) is 1.07. The minimum absolute atomic E-state index is 0.487.